The Morgan fingerprint density at radius 1 is 1.16 bits per heavy atom. The summed E-state index contributed by atoms with van der Waals surface area (Å²) in [4.78, 5) is 28.0. The fourth-order valence-electron chi connectivity index (χ4n) is 3.95. The number of hydrogen-bond donors (Lipinski definition) is 2. The number of anilines is 1. The molecule has 0 spiro atoms. The number of furan rings is 1. The van der Waals surface area contributed by atoms with E-state index in [0.29, 0.717) is 33.9 Å². The summed E-state index contributed by atoms with van der Waals surface area (Å²) in [5.41, 5.74) is 12.0. The quantitative estimate of drug-likeness (QED) is 0.192. The van der Waals surface area contributed by atoms with E-state index in [-0.39, 0.29) is 23.7 Å². The van der Waals surface area contributed by atoms with Crippen LogP contribution >= 0.6 is 0 Å². The maximum atomic E-state index is 12.7. The second-order valence-electron chi connectivity index (χ2n) is 8.14. The maximum absolute atomic E-state index is 12.7. The van der Waals surface area contributed by atoms with Crippen molar-refractivity contribution in [2.75, 3.05) is 5.73 Å². The van der Waals surface area contributed by atoms with Crippen molar-refractivity contribution in [3.63, 3.8) is 0 Å². The van der Waals surface area contributed by atoms with Gasteiger partial charge in [-0.3, -0.25) is 14.9 Å². The van der Waals surface area contributed by atoms with E-state index in [1.165, 1.54) is 12.3 Å². The molecule has 0 aliphatic rings. The SMILES string of the molecule is Cc1c(-c2ccc(/C=N\NC(=O)Cn3c(-c4nonc4N)nc4ccccc43)o2)ccc([N+](=O)[O-])c1C. The number of fused-ring (bicyclic) bond motifs is 1. The van der Waals surface area contributed by atoms with E-state index in [2.05, 4.69) is 25.8 Å². The van der Waals surface area contributed by atoms with Gasteiger partial charge < -0.3 is 14.7 Å². The largest absolute Gasteiger partial charge is 0.455 e. The van der Waals surface area contributed by atoms with Gasteiger partial charge in [0.2, 0.25) is 0 Å². The van der Waals surface area contributed by atoms with Crippen LogP contribution < -0.4 is 11.2 Å². The molecule has 0 saturated heterocycles. The molecule has 37 heavy (non-hydrogen) atoms. The molecule has 3 heterocycles. The van der Waals surface area contributed by atoms with E-state index in [9.17, 15) is 14.9 Å². The Labute approximate surface area is 208 Å². The molecule has 0 aliphatic heterocycles. The fraction of sp³-hybridized carbons (Fsp3) is 0.125. The molecule has 1 amide bonds. The van der Waals surface area contributed by atoms with Crippen molar-refractivity contribution in [1.29, 1.82) is 0 Å². The number of hydrazone groups is 1. The molecule has 5 aromatic rings. The molecule has 5 rings (SSSR count). The van der Waals surface area contributed by atoms with Gasteiger partial charge in [0.25, 0.3) is 11.6 Å². The molecule has 3 aromatic heterocycles. The standard InChI is InChI=1S/C24H20N8O5/c1-13-14(2)18(32(34)35)9-8-16(13)20-10-7-15(36-20)11-26-28-21(33)12-31-19-6-4-3-5-17(19)27-24(31)22-23(25)30-37-29-22/h3-11H,12H2,1-2H3,(H2,25,30)(H,28,33)/b26-11-. The van der Waals surface area contributed by atoms with E-state index in [4.69, 9.17) is 14.8 Å². The van der Waals surface area contributed by atoms with Crippen molar-refractivity contribution in [3.8, 4) is 22.8 Å². The Kier molecular flexibility index (Phi) is 5.93. The zero-order valence-corrected chi connectivity index (χ0v) is 19.7. The molecule has 0 saturated carbocycles. The van der Waals surface area contributed by atoms with Gasteiger partial charge in [-0.2, -0.15) is 5.10 Å². The number of nitro benzene ring substituents is 1. The third kappa shape index (κ3) is 4.40. The van der Waals surface area contributed by atoms with Crippen LogP contribution in [-0.4, -0.2) is 36.9 Å². The number of nitrogens with zero attached hydrogens (tertiary/aromatic N) is 6. The highest BCUT2D eigenvalue weighted by Gasteiger charge is 2.21. The van der Waals surface area contributed by atoms with E-state index in [0.717, 1.165) is 11.1 Å². The lowest BCUT2D eigenvalue weighted by atomic mass is 10.00. The molecule has 13 nitrogen and oxygen atoms in total. The van der Waals surface area contributed by atoms with E-state index >= 15 is 0 Å². The van der Waals surface area contributed by atoms with Crippen LogP contribution in [0, 0.1) is 24.0 Å². The van der Waals surface area contributed by atoms with Crippen molar-refractivity contribution in [2.45, 2.75) is 20.4 Å². The number of nitro groups is 1. The minimum Gasteiger partial charge on any atom is -0.455 e. The van der Waals surface area contributed by atoms with Crippen molar-refractivity contribution in [3.05, 3.63) is 75.5 Å². The first-order valence-corrected chi connectivity index (χ1v) is 11.0. The molecule has 186 valence electrons. The number of amides is 1. The summed E-state index contributed by atoms with van der Waals surface area (Å²) in [5, 5.41) is 22.5. The highest BCUT2D eigenvalue weighted by Crippen LogP contribution is 2.32. The topological polar surface area (TPSA) is 180 Å². The summed E-state index contributed by atoms with van der Waals surface area (Å²) in [6.07, 6.45) is 1.36. The van der Waals surface area contributed by atoms with Gasteiger partial charge in [0.1, 0.15) is 18.1 Å². The van der Waals surface area contributed by atoms with Crippen molar-refractivity contribution in [1.82, 2.24) is 25.3 Å². The Morgan fingerprint density at radius 2 is 1.97 bits per heavy atom. The second kappa shape index (κ2) is 9.37. The molecule has 0 aliphatic carbocycles. The zero-order valence-electron chi connectivity index (χ0n) is 19.7. The molecule has 13 heteroatoms. The van der Waals surface area contributed by atoms with Crippen LogP contribution in [0.1, 0.15) is 16.9 Å². The van der Waals surface area contributed by atoms with Crippen LogP contribution in [0.15, 0.2) is 62.7 Å². The van der Waals surface area contributed by atoms with Crippen molar-refractivity contribution < 1.29 is 18.8 Å². The minimum atomic E-state index is -0.427. The number of carbonyl (C=O) groups is 1. The van der Waals surface area contributed by atoms with E-state index in [1.54, 1.807) is 42.7 Å². The fourth-order valence-corrected chi connectivity index (χ4v) is 3.95. The molecular weight excluding hydrogens is 480 g/mol. The van der Waals surface area contributed by atoms with Crippen LogP contribution in [0.5, 0.6) is 0 Å². The number of hydrogen-bond acceptors (Lipinski definition) is 10. The molecule has 3 N–H and O–H groups in total. The first-order chi connectivity index (χ1) is 17.8. The van der Waals surface area contributed by atoms with Gasteiger partial charge in [-0.1, -0.05) is 12.1 Å². The van der Waals surface area contributed by atoms with E-state index in [1.807, 2.05) is 18.2 Å². The predicted molar refractivity (Wildman–Crippen MR) is 133 cm³/mol. The third-order valence-corrected chi connectivity index (χ3v) is 5.91. The van der Waals surface area contributed by atoms with Crippen LogP contribution in [0.25, 0.3) is 33.9 Å². The van der Waals surface area contributed by atoms with Gasteiger partial charge in [0, 0.05) is 17.2 Å². The number of nitrogens with one attached hydrogen (secondary N) is 1. The lowest BCUT2D eigenvalue weighted by molar-refractivity contribution is -0.385. The summed E-state index contributed by atoms with van der Waals surface area (Å²) in [7, 11) is 0. The number of rotatable bonds is 7. The van der Waals surface area contributed by atoms with Crippen molar-refractivity contribution >= 4 is 34.7 Å². The summed E-state index contributed by atoms with van der Waals surface area (Å²) in [6.45, 7) is 3.37. The average molecular weight is 500 g/mol. The lowest BCUT2D eigenvalue weighted by Crippen LogP contribution is -2.23. The number of imidazole rings is 1. The smallest absolute Gasteiger partial charge is 0.272 e. The molecule has 0 radical (unpaired) electrons. The van der Waals surface area contributed by atoms with Crippen LogP contribution in [0.4, 0.5) is 11.5 Å². The highest BCUT2D eigenvalue weighted by molar-refractivity contribution is 5.86. The van der Waals surface area contributed by atoms with E-state index < -0.39 is 10.8 Å². The molecule has 0 bridgehead atoms. The molecule has 2 aromatic carbocycles. The predicted octanol–water partition coefficient (Wildman–Crippen LogP) is 3.60. The van der Waals surface area contributed by atoms with Gasteiger partial charge in [-0.15, -0.1) is 0 Å². The first kappa shape index (κ1) is 23.4. The Morgan fingerprint density at radius 3 is 2.73 bits per heavy atom. The van der Waals surface area contributed by atoms with Gasteiger partial charge in [-0.25, -0.2) is 15.0 Å². The Hall–Kier alpha value is -5.33. The monoisotopic (exact) mass is 500 g/mol. The first-order valence-electron chi connectivity index (χ1n) is 11.0. The van der Waals surface area contributed by atoms with Crippen LogP contribution in [0.2, 0.25) is 0 Å². The van der Waals surface area contributed by atoms with Gasteiger partial charge in [0.15, 0.2) is 17.3 Å². The molecule has 0 unspecified atom stereocenters. The van der Waals surface area contributed by atoms with Gasteiger partial charge >= 0.3 is 0 Å². The van der Waals surface area contributed by atoms with Gasteiger partial charge in [-0.05, 0) is 60.1 Å². The molecule has 0 fully saturated rings. The number of nitrogens with two attached hydrogens (primary N) is 1. The normalized spacial score (nSPS) is 11.4. The highest BCUT2D eigenvalue weighted by atomic mass is 16.6. The number of nitrogen functional groups attached to an aromatic ring is 1. The van der Waals surface area contributed by atoms with Crippen LogP contribution in [-0.2, 0) is 11.3 Å². The van der Waals surface area contributed by atoms with Gasteiger partial charge in [0.05, 0.1) is 22.2 Å². The number of benzene rings is 2. The Balaban J connectivity index is 1.32. The average Bonchev–Trinajstić information content (AvgIpc) is 3.60. The summed E-state index contributed by atoms with van der Waals surface area (Å²) < 4.78 is 12.1. The number of aromatic nitrogens is 4. The number of carbonyl (C=O) groups excluding carboxylic acids is 1. The molecular formula is C24H20N8O5. The summed E-state index contributed by atoms with van der Waals surface area (Å²) in [5.74, 6) is 0.882. The van der Waals surface area contributed by atoms with Crippen molar-refractivity contribution in [2.24, 2.45) is 5.10 Å². The minimum absolute atomic E-state index is 0.0497. The lowest BCUT2D eigenvalue weighted by Gasteiger charge is -2.07. The second-order valence-corrected chi connectivity index (χ2v) is 8.14. The summed E-state index contributed by atoms with van der Waals surface area (Å²) in [6, 6.07) is 13.8. The summed E-state index contributed by atoms with van der Waals surface area (Å²) >= 11 is 0. The maximum Gasteiger partial charge on any atom is 0.272 e. The third-order valence-electron chi connectivity index (χ3n) is 5.91. The van der Waals surface area contributed by atoms with Crippen LogP contribution in [0.3, 0.4) is 0 Å². The molecule has 0 atom stereocenters. The zero-order chi connectivity index (χ0) is 26.1. The Bertz CT molecular complexity index is 1680. The number of para-hydroxylation sites is 2.